The fourth-order valence-corrected chi connectivity index (χ4v) is 3.81. The Bertz CT molecular complexity index is 586. The lowest BCUT2D eigenvalue weighted by atomic mass is 9.91. The van der Waals surface area contributed by atoms with Crippen LogP contribution in [0.1, 0.15) is 32.1 Å². The van der Waals surface area contributed by atoms with Gasteiger partial charge in [-0.1, -0.05) is 0 Å². The summed E-state index contributed by atoms with van der Waals surface area (Å²) in [7, 11) is 1.20. The maximum absolute atomic E-state index is 13.4. The Balaban J connectivity index is 1.59. The first-order valence-electron chi connectivity index (χ1n) is 8.55. The van der Waals surface area contributed by atoms with Gasteiger partial charge in [0.1, 0.15) is 6.04 Å². The molecule has 2 aliphatic heterocycles. The minimum absolute atomic E-state index is 0.0453. The van der Waals surface area contributed by atoms with Crippen molar-refractivity contribution in [3.63, 3.8) is 0 Å². The number of alkyl halides is 2. The van der Waals surface area contributed by atoms with Crippen LogP contribution in [0.5, 0.6) is 0 Å². The van der Waals surface area contributed by atoms with Crippen molar-refractivity contribution in [1.82, 2.24) is 16.0 Å². The van der Waals surface area contributed by atoms with E-state index < -0.39 is 35.3 Å². The highest BCUT2D eigenvalue weighted by Crippen LogP contribution is 2.64. The number of ether oxygens (including phenoxy) is 1. The summed E-state index contributed by atoms with van der Waals surface area (Å²) in [4.78, 5) is 36.3. The van der Waals surface area contributed by atoms with E-state index in [9.17, 15) is 23.2 Å². The van der Waals surface area contributed by atoms with Gasteiger partial charge in [-0.05, 0) is 25.7 Å². The normalized spacial score (nSPS) is 34.3. The predicted molar refractivity (Wildman–Crippen MR) is 82.7 cm³/mol. The molecule has 0 aromatic rings. The van der Waals surface area contributed by atoms with Gasteiger partial charge < -0.3 is 20.7 Å². The molecular formula is C16H23F2N3O4. The van der Waals surface area contributed by atoms with Crippen molar-refractivity contribution >= 4 is 17.8 Å². The van der Waals surface area contributed by atoms with Crippen molar-refractivity contribution in [3.05, 3.63) is 0 Å². The van der Waals surface area contributed by atoms with Crippen molar-refractivity contribution in [3.8, 4) is 0 Å². The number of methoxy groups -OCH3 is 1. The fourth-order valence-electron chi connectivity index (χ4n) is 3.81. The van der Waals surface area contributed by atoms with Gasteiger partial charge in [-0.3, -0.25) is 9.59 Å². The lowest BCUT2D eigenvalue weighted by molar-refractivity contribution is -0.146. The molecule has 4 atom stereocenters. The average Bonchev–Trinajstić information content (AvgIpc) is 2.91. The van der Waals surface area contributed by atoms with Gasteiger partial charge in [0, 0.05) is 25.4 Å². The third-order valence-electron chi connectivity index (χ3n) is 5.53. The molecule has 2 amide bonds. The van der Waals surface area contributed by atoms with Gasteiger partial charge in [0.25, 0.3) is 5.92 Å². The van der Waals surface area contributed by atoms with Crippen LogP contribution in [0.25, 0.3) is 0 Å². The molecule has 0 bridgehead atoms. The van der Waals surface area contributed by atoms with Crippen LogP contribution in [-0.4, -0.2) is 56.0 Å². The largest absolute Gasteiger partial charge is 0.467 e. The van der Waals surface area contributed by atoms with Gasteiger partial charge in [-0.2, -0.15) is 0 Å². The smallest absolute Gasteiger partial charge is 0.328 e. The number of hydrogen-bond donors (Lipinski definition) is 3. The first kappa shape index (κ1) is 18.0. The van der Waals surface area contributed by atoms with Crippen LogP contribution in [0.4, 0.5) is 8.78 Å². The molecule has 2 saturated heterocycles. The molecule has 0 aromatic carbocycles. The maximum Gasteiger partial charge on any atom is 0.328 e. The number of carbonyl (C=O) groups excluding carboxylic acids is 3. The second kappa shape index (κ2) is 6.51. The Morgan fingerprint density at radius 1 is 1.44 bits per heavy atom. The summed E-state index contributed by atoms with van der Waals surface area (Å²) >= 11 is 0. The second-order valence-corrected chi connectivity index (χ2v) is 7.25. The molecule has 2 heterocycles. The SMILES string of the molecule is COC(=O)[C@H](C[C@@H]1CCCNC1=O)NC(=O)[C@@H]1C[C@@]2(CN1)CC2(F)F. The monoisotopic (exact) mass is 359 g/mol. The number of nitrogens with one attached hydrogen (secondary N) is 3. The van der Waals surface area contributed by atoms with E-state index in [4.69, 9.17) is 4.74 Å². The van der Waals surface area contributed by atoms with E-state index in [-0.39, 0.29) is 37.6 Å². The van der Waals surface area contributed by atoms with Gasteiger partial charge in [0.15, 0.2) is 0 Å². The third kappa shape index (κ3) is 3.47. The van der Waals surface area contributed by atoms with E-state index in [1.807, 2.05) is 0 Å². The van der Waals surface area contributed by atoms with Crippen LogP contribution in [0.15, 0.2) is 0 Å². The van der Waals surface area contributed by atoms with E-state index in [0.717, 1.165) is 6.42 Å². The van der Waals surface area contributed by atoms with Crippen molar-refractivity contribution in [2.45, 2.75) is 50.1 Å². The first-order valence-corrected chi connectivity index (χ1v) is 8.55. The highest BCUT2D eigenvalue weighted by Gasteiger charge is 2.73. The molecule has 3 rings (SSSR count). The van der Waals surface area contributed by atoms with Gasteiger partial charge in [0.2, 0.25) is 11.8 Å². The summed E-state index contributed by atoms with van der Waals surface area (Å²) in [5.74, 6) is -4.40. The Hall–Kier alpha value is -1.77. The van der Waals surface area contributed by atoms with Crippen LogP contribution in [-0.2, 0) is 19.1 Å². The Labute approximate surface area is 144 Å². The van der Waals surface area contributed by atoms with E-state index in [1.165, 1.54) is 7.11 Å². The minimum atomic E-state index is -2.73. The second-order valence-electron chi connectivity index (χ2n) is 7.25. The van der Waals surface area contributed by atoms with Gasteiger partial charge in [-0.15, -0.1) is 0 Å². The molecule has 1 spiro atoms. The number of amides is 2. The molecule has 3 N–H and O–H groups in total. The molecule has 3 aliphatic rings. The van der Waals surface area contributed by atoms with Crippen molar-refractivity contribution in [1.29, 1.82) is 0 Å². The van der Waals surface area contributed by atoms with E-state index in [1.54, 1.807) is 0 Å². The molecule has 7 nitrogen and oxygen atoms in total. The van der Waals surface area contributed by atoms with Gasteiger partial charge in [-0.25, -0.2) is 13.6 Å². The molecule has 0 aromatic heterocycles. The summed E-state index contributed by atoms with van der Waals surface area (Å²) in [6.07, 6.45) is 1.41. The summed E-state index contributed by atoms with van der Waals surface area (Å²) in [6, 6.07) is -1.73. The molecule has 0 unspecified atom stereocenters. The summed E-state index contributed by atoms with van der Waals surface area (Å²) in [6.45, 7) is 0.693. The number of rotatable bonds is 5. The summed E-state index contributed by atoms with van der Waals surface area (Å²) < 4.78 is 31.6. The molecule has 9 heteroatoms. The predicted octanol–water partition coefficient (Wildman–Crippen LogP) is -0.0522. The number of hydrogen-bond acceptors (Lipinski definition) is 5. The number of esters is 1. The molecule has 0 radical (unpaired) electrons. The molecule has 3 fully saturated rings. The van der Waals surface area contributed by atoms with Crippen molar-refractivity contribution in [2.24, 2.45) is 11.3 Å². The average molecular weight is 359 g/mol. The zero-order valence-corrected chi connectivity index (χ0v) is 14.1. The van der Waals surface area contributed by atoms with E-state index in [2.05, 4.69) is 16.0 Å². The Kier molecular flexibility index (Phi) is 4.70. The van der Waals surface area contributed by atoms with Crippen molar-refractivity contribution < 1.29 is 27.9 Å². The third-order valence-corrected chi connectivity index (χ3v) is 5.53. The topological polar surface area (TPSA) is 96.5 Å². The standard InChI is InChI=1S/C16H23F2N3O4/c1-25-14(24)10(5-9-3-2-4-19-12(9)22)21-13(23)11-6-15(8-20-11)7-16(15,17)18/h9-11,20H,2-8H2,1H3,(H,19,22)(H,21,23)/t9-,10-,11-,15-/m0/s1. The van der Waals surface area contributed by atoms with Crippen LogP contribution in [0.3, 0.4) is 0 Å². The lowest BCUT2D eigenvalue weighted by Crippen LogP contribution is -2.50. The molecule has 140 valence electrons. The summed E-state index contributed by atoms with van der Waals surface area (Å²) in [5.41, 5.74) is -1.13. The highest BCUT2D eigenvalue weighted by molar-refractivity contribution is 5.88. The first-order chi connectivity index (χ1) is 11.8. The lowest BCUT2D eigenvalue weighted by Gasteiger charge is -2.26. The van der Waals surface area contributed by atoms with Gasteiger partial charge >= 0.3 is 5.97 Å². The Morgan fingerprint density at radius 3 is 2.72 bits per heavy atom. The van der Waals surface area contributed by atoms with E-state index in [0.29, 0.717) is 13.0 Å². The molecule has 1 aliphatic carbocycles. The summed E-state index contributed by atoms with van der Waals surface area (Å²) in [5, 5.41) is 8.12. The van der Waals surface area contributed by atoms with Gasteiger partial charge in [0.05, 0.1) is 18.6 Å². The Morgan fingerprint density at radius 2 is 2.16 bits per heavy atom. The van der Waals surface area contributed by atoms with Crippen molar-refractivity contribution in [2.75, 3.05) is 20.2 Å². The maximum atomic E-state index is 13.4. The molecule has 1 saturated carbocycles. The number of piperidine rings is 1. The van der Waals surface area contributed by atoms with Crippen LogP contribution >= 0.6 is 0 Å². The molecule has 25 heavy (non-hydrogen) atoms. The fraction of sp³-hybridized carbons (Fsp3) is 0.812. The van der Waals surface area contributed by atoms with Crippen LogP contribution < -0.4 is 16.0 Å². The van der Waals surface area contributed by atoms with E-state index >= 15 is 0 Å². The van der Waals surface area contributed by atoms with Crippen LogP contribution in [0, 0.1) is 11.3 Å². The molecular weight excluding hydrogens is 336 g/mol. The number of carbonyl (C=O) groups is 3. The zero-order valence-electron chi connectivity index (χ0n) is 14.1. The minimum Gasteiger partial charge on any atom is -0.467 e. The highest BCUT2D eigenvalue weighted by atomic mass is 19.3. The number of halogens is 2. The quantitative estimate of drug-likeness (QED) is 0.598. The zero-order chi connectivity index (χ0) is 18.2. The van der Waals surface area contributed by atoms with Crippen LogP contribution in [0.2, 0.25) is 0 Å².